The number of carbonyl (C=O) groups is 2. The van der Waals surface area contributed by atoms with Gasteiger partial charge in [-0.3, -0.25) is 4.79 Å². The number of carbonyl (C=O) groups excluding carboxylic acids is 1. The van der Waals surface area contributed by atoms with Crippen LogP contribution in [0.25, 0.3) is 0 Å². The van der Waals surface area contributed by atoms with Crippen LogP contribution in [0.4, 0.5) is 4.39 Å². The van der Waals surface area contributed by atoms with E-state index < -0.39 is 40.5 Å². The summed E-state index contributed by atoms with van der Waals surface area (Å²) in [6.45, 7) is -0.937. The summed E-state index contributed by atoms with van der Waals surface area (Å²) in [6.07, 6.45) is 0.918. The predicted octanol–water partition coefficient (Wildman–Crippen LogP) is 0.767. The van der Waals surface area contributed by atoms with E-state index in [9.17, 15) is 22.4 Å². The minimum Gasteiger partial charge on any atom is -0.480 e. The normalized spacial score (nSPS) is 20.0. The van der Waals surface area contributed by atoms with Crippen molar-refractivity contribution < 1.29 is 27.5 Å². The van der Waals surface area contributed by atoms with Crippen molar-refractivity contribution in [2.45, 2.75) is 24.6 Å². The molecule has 1 amide bonds. The van der Waals surface area contributed by atoms with Crippen LogP contribution in [-0.4, -0.2) is 55.5 Å². The maximum atomic E-state index is 12.6. The molecule has 1 fully saturated rings. The summed E-state index contributed by atoms with van der Waals surface area (Å²) in [7, 11) is -3.59. The number of amides is 1. The standard InChI is InChI=1S/C16H21FN2O5S/c17-9-14(16(21)22)18-15(20)13-7-4-8-19(10-13)25(23,24)11-12-5-2-1-3-6-12/h1-3,5-6,13-14H,4,7-11H2,(H,18,20)(H,21,22). The Morgan fingerprint density at radius 3 is 2.60 bits per heavy atom. The Kier molecular flexibility index (Phi) is 6.49. The van der Waals surface area contributed by atoms with Crippen molar-refractivity contribution in [3.8, 4) is 0 Å². The Morgan fingerprint density at radius 1 is 1.32 bits per heavy atom. The zero-order chi connectivity index (χ0) is 18.4. The van der Waals surface area contributed by atoms with Crippen molar-refractivity contribution in [1.29, 1.82) is 0 Å². The van der Waals surface area contributed by atoms with Gasteiger partial charge in [0.25, 0.3) is 0 Å². The molecule has 1 aromatic carbocycles. The highest BCUT2D eigenvalue weighted by molar-refractivity contribution is 7.88. The highest BCUT2D eigenvalue weighted by Gasteiger charge is 2.33. The second-order valence-electron chi connectivity index (χ2n) is 5.99. The highest BCUT2D eigenvalue weighted by atomic mass is 32.2. The molecule has 1 aliphatic rings. The molecular weight excluding hydrogens is 351 g/mol. The first-order valence-corrected chi connectivity index (χ1v) is 9.55. The molecule has 0 spiro atoms. The van der Waals surface area contributed by atoms with Gasteiger partial charge >= 0.3 is 5.97 Å². The molecular formula is C16H21FN2O5S. The molecule has 138 valence electrons. The maximum absolute atomic E-state index is 12.6. The molecule has 2 unspecified atom stereocenters. The van der Waals surface area contributed by atoms with Gasteiger partial charge in [-0.15, -0.1) is 0 Å². The van der Waals surface area contributed by atoms with Gasteiger partial charge in [-0.1, -0.05) is 30.3 Å². The van der Waals surface area contributed by atoms with E-state index in [0.717, 1.165) is 0 Å². The molecule has 0 aliphatic carbocycles. The number of aliphatic carboxylic acids is 1. The molecule has 1 aliphatic heterocycles. The number of benzene rings is 1. The van der Waals surface area contributed by atoms with Crippen molar-refractivity contribution in [3.63, 3.8) is 0 Å². The van der Waals surface area contributed by atoms with Gasteiger partial charge in [0.05, 0.1) is 11.7 Å². The van der Waals surface area contributed by atoms with Gasteiger partial charge in [0, 0.05) is 13.1 Å². The summed E-state index contributed by atoms with van der Waals surface area (Å²) in [6, 6.07) is 7.11. The van der Waals surface area contributed by atoms with Crippen LogP contribution in [0.15, 0.2) is 30.3 Å². The summed E-state index contributed by atoms with van der Waals surface area (Å²) in [4.78, 5) is 23.0. The zero-order valence-corrected chi connectivity index (χ0v) is 14.4. The van der Waals surface area contributed by atoms with E-state index >= 15 is 0 Å². The van der Waals surface area contributed by atoms with Crippen LogP contribution in [0.2, 0.25) is 0 Å². The van der Waals surface area contributed by atoms with Gasteiger partial charge in [0.1, 0.15) is 6.67 Å². The first kappa shape index (κ1) is 19.3. The summed E-state index contributed by atoms with van der Waals surface area (Å²) in [5.74, 6) is -2.94. The minimum atomic E-state index is -3.59. The van der Waals surface area contributed by atoms with Crippen LogP contribution >= 0.6 is 0 Å². The Bertz CT molecular complexity index is 710. The second-order valence-corrected chi connectivity index (χ2v) is 7.96. The quantitative estimate of drug-likeness (QED) is 0.736. The van der Waals surface area contributed by atoms with Crippen LogP contribution in [0, 0.1) is 5.92 Å². The lowest BCUT2D eigenvalue weighted by Gasteiger charge is -2.31. The third-order valence-corrected chi connectivity index (χ3v) is 5.93. The lowest BCUT2D eigenvalue weighted by atomic mass is 9.98. The number of alkyl halides is 1. The molecule has 7 nitrogen and oxygen atoms in total. The van der Waals surface area contributed by atoms with E-state index in [-0.39, 0.29) is 12.3 Å². The summed E-state index contributed by atoms with van der Waals surface area (Å²) in [5.41, 5.74) is 0.650. The number of sulfonamides is 1. The molecule has 9 heteroatoms. The molecule has 2 atom stereocenters. The molecule has 2 rings (SSSR count). The molecule has 25 heavy (non-hydrogen) atoms. The third kappa shape index (κ3) is 5.23. The lowest BCUT2D eigenvalue weighted by molar-refractivity contribution is -0.143. The first-order valence-electron chi connectivity index (χ1n) is 7.94. The van der Waals surface area contributed by atoms with Crippen molar-refractivity contribution in [2.24, 2.45) is 5.92 Å². The van der Waals surface area contributed by atoms with Gasteiger partial charge in [0.15, 0.2) is 6.04 Å². The fourth-order valence-electron chi connectivity index (χ4n) is 2.74. The third-order valence-electron chi connectivity index (χ3n) is 4.11. The zero-order valence-electron chi connectivity index (χ0n) is 13.6. The maximum Gasteiger partial charge on any atom is 0.328 e. The molecule has 1 heterocycles. The largest absolute Gasteiger partial charge is 0.480 e. The highest BCUT2D eigenvalue weighted by Crippen LogP contribution is 2.21. The molecule has 1 aromatic rings. The SMILES string of the molecule is O=C(NC(CF)C(=O)O)C1CCCN(S(=O)(=O)Cc2ccccc2)C1. The number of carboxylic acids is 1. The number of hydrogen-bond donors (Lipinski definition) is 2. The Balaban J connectivity index is 2.02. The number of hydrogen-bond acceptors (Lipinski definition) is 4. The molecule has 0 bridgehead atoms. The smallest absolute Gasteiger partial charge is 0.328 e. The summed E-state index contributed by atoms with van der Waals surface area (Å²) in [5, 5.41) is 10.9. The number of halogens is 1. The molecule has 2 N–H and O–H groups in total. The Morgan fingerprint density at radius 2 is 2.00 bits per heavy atom. The average molecular weight is 372 g/mol. The predicted molar refractivity (Wildman–Crippen MR) is 88.9 cm³/mol. The van der Waals surface area contributed by atoms with Gasteiger partial charge in [-0.25, -0.2) is 21.9 Å². The number of rotatable bonds is 7. The van der Waals surface area contributed by atoms with Crippen LogP contribution in [0.3, 0.4) is 0 Å². The van der Waals surface area contributed by atoms with Gasteiger partial charge in [-0.05, 0) is 18.4 Å². The van der Waals surface area contributed by atoms with E-state index in [1.54, 1.807) is 30.3 Å². The second kappa shape index (κ2) is 8.39. The number of carboxylic acid groups (broad SMARTS) is 1. The lowest BCUT2D eigenvalue weighted by Crippen LogP contribution is -2.50. The fourth-order valence-corrected chi connectivity index (χ4v) is 4.35. The molecule has 1 saturated heterocycles. The van der Waals surface area contributed by atoms with Crippen molar-refractivity contribution in [3.05, 3.63) is 35.9 Å². The van der Waals surface area contributed by atoms with E-state index in [4.69, 9.17) is 5.11 Å². The van der Waals surface area contributed by atoms with Crippen LogP contribution in [-0.2, 0) is 25.4 Å². The van der Waals surface area contributed by atoms with Crippen molar-refractivity contribution >= 4 is 21.9 Å². The van der Waals surface area contributed by atoms with E-state index in [1.807, 2.05) is 0 Å². The fraction of sp³-hybridized carbons (Fsp3) is 0.500. The number of nitrogens with one attached hydrogen (secondary N) is 1. The van der Waals surface area contributed by atoms with Crippen LogP contribution in [0.1, 0.15) is 18.4 Å². The van der Waals surface area contributed by atoms with Crippen LogP contribution in [0.5, 0.6) is 0 Å². The van der Waals surface area contributed by atoms with Crippen molar-refractivity contribution in [2.75, 3.05) is 19.8 Å². The summed E-state index contributed by atoms with van der Waals surface area (Å²) >= 11 is 0. The Hall–Kier alpha value is -2.00. The Labute approximate surface area is 145 Å². The minimum absolute atomic E-state index is 0.0281. The average Bonchev–Trinajstić information content (AvgIpc) is 2.59. The first-order chi connectivity index (χ1) is 11.8. The van der Waals surface area contributed by atoms with E-state index in [2.05, 4.69) is 5.32 Å². The molecule has 0 saturated carbocycles. The van der Waals surface area contributed by atoms with Gasteiger partial charge in [-0.2, -0.15) is 0 Å². The molecule has 0 radical (unpaired) electrons. The van der Waals surface area contributed by atoms with Gasteiger partial charge < -0.3 is 10.4 Å². The van der Waals surface area contributed by atoms with Crippen molar-refractivity contribution in [1.82, 2.24) is 9.62 Å². The monoisotopic (exact) mass is 372 g/mol. The number of piperidine rings is 1. The molecule has 0 aromatic heterocycles. The summed E-state index contributed by atoms with van der Waals surface area (Å²) < 4.78 is 39.0. The topological polar surface area (TPSA) is 104 Å². The van der Waals surface area contributed by atoms with Gasteiger partial charge in [0.2, 0.25) is 15.9 Å². The van der Waals surface area contributed by atoms with E-state index in [1.165, 1.54) is 4.31 Å². The number of nitrogens with zero attached hydrogens (tertiary/aromatic N) is 1. The van der Waals surface area contributed by atoms with E-state index in [0.29, 0.717) is 24.9 Å². The van der Waals surface area contributed by atoms with Crippen LogP contribution < -0.4 is 5.32 Å².